The van der Waals surface area contributed by atoms with Gasteiger partial charge in [0, 0.05) is 24.5 Å². The molecule has 0 aliphatic carbocycles. The summed E-state index contributed by atoms with van der Waals surface area (Å²) in [5.74, 6) is -0.753. The van der Waals surface area contributed by atoms with Gasteiger partial charge in [-0.15, -0.1) is 0 Å². The molecule has 2 aromatic rings. The van der Waals surface area contributed by atoms with Crippen molar-refractivity contribution in [1.82, 2.24) is 9.80 Å². The summed E-state index contributed by atoms with van der Waals surface area (Å²) < 4.78 is 37.4. The summed E-state index contributed by atoms with van der Waals surface area (Å²) in [7, 11) is -3.90. The predicted molar refractivity (Wildman–Crippen MR) is 168 cm³/mol. The van der Waals surface area contributed by atoms with Gasteiger partial charge in [-0.2, -0.15) is 0 Å². The van der Waals surface area contributed by atoms with E-state index in [0.29, 0.717) is 50.1 Å². The van der Waals surface area contributed by atoms with E-state index in [9.17, 15) is 27.6 Å². The van der Waals surface area contributed by atoms with Crippen LogP contribution in [0.15, 0.2) is 58.3 Å². The van der Waals surface area contributed by atoms with Crippen molar-refractivity contribution in [2.45, 2.75) is 100 Å². The number of sulfone groups is 1. The molecule has 45 heavy (non-hydrogen) atoms. The van der Waals surface area contributed by atoms with Crippen LogP contribution < -0.4 is 10.6 Å². The Kier molecular flexibility index (Phi) is 9.81. The number of hydrogen-bond acceptors (Lipinski definition) is 8. The van der Waals surface area contributed by atoms with Gasteiger partial charge in [0.1, 0.15) is 23.3 Å². The van der Waals surface area contributed by atoms with Crippen LogP contribution >= 0.6 is 0 Å². The highest BCUT2D eigenvalue weighted by Crippen LogP contribution is 2.27. The minimum absolute atomic E-state index is 0.0208. The van der Waals surface area contributed by atoms with Crippen molar-refractivity contribution < 1.29 is 37.1 Å². The fourth-order valence-corrected chi connectivity index (χ4v) is 6.44. The van der Waals surface area contributed by atoms with Crippen LogP contribution in [0.3, 0.4) is 0 Å². The lowest BCUT2D eigenvalue weighted by Crippen LogP contribution is -2.45. The molecular formula is C32H42N4O8S. The van der Waals surface area contributed by atoms with Crippen LogP contribution in [0.5, 0.6) is 0 Å². The summed E-state index contributed by atoms with van der Waals surface area (Å²) in [6.07, 6.45) is 1.24. The molecular weight excluding hydrogens is 600 g/mol. The van der Waals surface area contributed by atoms with Crippen LogP contribution in [0.2, 0.25) is 0 Å². The van der Waals surface area contributed by atoms with Gasteiger partial charge in [0.15, 0.2) is 0 Å². The maximum atomic E-state index is 13.3. The third-order valence-corrected chi connectivity index (χ3v) is 9.02. The number of ether oxygens (including phenoxy) is 2. The largest absolute Gasteiger partial charge is 0.444 e. The Morgan fingerprint density at radius 3 is 1.29 bits per heavy atom. The average Bonchev–Trinajstić information content (AvgIpc) is 3.63. The fraction of sp³-hybridized carbons (Fsp3) is 0.500. The molecule has 4 rings (SSSR count). The van der Waals surface area contributed by atoms with Crippen LogP contribution in [0, 0.1) is 0 Å². The Balaban J connectivity index is 1.37. The van der Waals surface area contributed by atoms with E-state index in [1.54, 1.807) is 41.5 Å². The van der Waals surface area contributed by atoms with Gasteiger partial charge in [-0.3, -0.25) is 19.4 Å². The van der Waals surface area contributed by atoms with Gasteiger partial charge in [0.05, 0.1) is 9.79 Å². The Labute approximate surface area is 264 Å². The molecule has 4 amide bonds. The van der Waals surface area contributed by atoms with Gasteiger partial charge in [-0.1, -0.05) is 0 Å². The molecule has 2 aliphatic heterocycles. The summed E-state index contributed by atoms with van der Waals surface area (Å²) in [6, 6.07) is 10.2. The van der Waals surface area contributed by atoms with E-state index in [-0.39, 0.29) is 21.6 Å². The number of nitrogens with one attached hydrogen (secondary N) is 2. The van der Waals surface area contributed by atoms with Crippen molar-refractivity contribution in [3.63, 3.8) is 0 Å². The maximum Gasteiger partial charge on any atom is 0.410 e. The van der Waals surface area contributed by atoms with Crippen LogP contribution in [0.1, 0.15) is 67.2 Å². The van der Waals surface area contributed by atoms with Crippen molar-refractivity contribution in [2.75, 3.05) is 23.7 Å². The fourth-order valence-electron chi connectivity index (χ4n) is 5.18. The first kappa shape index (κ1) is 33.8. The lowest BCUT2D eigenvalue weighted by molar-refractivity contribution is -0.121. The summed E-state index contributed by atoms with van der Waals surface area (Å²) in [5, 5.41) is 5.53. The van der Waals surface area contributed by atoms with Crippen LogP contribution in [0.25, 0.3) is 0 Å². The summed E-state index contributed by atoms with van der Waals surface area (Å²) in [4.78, 5) is 53.9. The SMILES string of the molecule is CC(C)(C)OC(=O)N1CCC[C@@H]1C(=O)Nc1ccc(S(=O)(=O)c2ccc(NC(=O)[C@@H]3CCCN3C(=O)OC(C)(C)C)cc2)cc1. The number of likely N-dealkylation sites (tertiary alicyclic amines) is 2. The molecule has 2 fully saturated rings. The van der Waals surface area contributed by atoms with E-state index in [1.165, 1.54) is 58.3 Å². The molecule has 2 heterocycles. The molecule has 0 unspecified atom stereocenters. The van der Waals surface area contributed by atoms with Crippen molar-refractivity contribution in [1.29, 1.82) is 0 Å². The quantitative estimate of drug-likeness (QED) is 0.437. The number of nitrogens with zero attached hydrogens (tertiary/aromatic N) is 2. The minimum atomic E-state index is -3.90. The summed E-state index contributed by atoms with van der Waals surface area (Å²) in [5.41, 5.74) is -0.589. The van der Waals surface area contributed by atoms with E-state index >= 15 is 0 Å². The van der Waals surface area contributed by atoms with Crippen molar-refractivity contribution >= 4 is 45.2 Å². The number of anilines is 2. The molecule has 2 saturated heterocycles. The Hall–Kier alpha value is -4.13. The monoisotopic (exact) mass is 642 g/mol. The highest BCUT2D eigenvalue weighted by molar-refractivity contribution is 7.91. The first-order valence-electron chi connectivity index (χ1n) is 15.0. The number of benzene rings is 2. The molecule has 13 heteroatoms. The zero-order valence-electron chi connectivity index (χ0n) is 26.6. The second-order valence-electron chi connectivity index (χ2n) is 13.2. The Bertz CT molecular complexity index is 1420. The summed E-state index contributed by atoms with van der Waals surface area (Å²) >= 11 is 0. The number of hydrogen-bond donors (Lipinski definition) is 2. The molecule has 2 aromatic carbocycles. The first-order valence-corrected chi connectivity index (χ1v) is 16.5. The van der Waals surface area contributed by atoms with Gasteiger partial charge >= 0.3 is 12.2 Å². The first-order chi connectivity index (χ1) is 20.9. The molecule has 244 valence electrons. The lowest BCUT2D eigenvalue weighted by atomic mass is 10.2. The molecule has 0 spiro atoms. The smallest absolute Gasteiger partial charge is 0.410 e. The van der Waals surface area contributed by atoms with Crippen LogP contribution in [-0.2, 0) is 28.9 Å². The van der Waals surface area contributed by atoms with Gasteiger partial charge in [0.2, 0.25) is 21.7 Å². The molecule has 2 N–H and O–H groups in total. The Morgan fingerprint density at radius 1 is 0.644 bits per heavy atom. The zero-order valence-corrected chi connectivity index (χ0v) is 27.4. The molecule has 0 aromatic heterocycles. The second kappa shape index (κ2) is 13.1. The normalized spacial score (nSPS) is 18.8. The van der Waals surface area contributed by atoms with E-state index in [0.717, 1.165) is 0 Å². The lowest BCUT2D eigenvalue weighted by Gasteiger charge is -2.28. The third-order valence-electron chi connectivity index (χ3n) is 7.23. The van der Waals surface area contributed by atoms with Gasteiger partial charge < -0.3 is 20.1 Å². The van der Waals surface area contributed by atoms with Crippen LogP contribution in [-0.4, -0.2) is 78.6 Å². The maximum absolute atomic E-state index is 13.3. The average molecular weight is 643 g/mol. The highest BCUT2D eigenvalue weighted by atomic mass is 32.2. The number of carbonyl (C=O) groups excluding carboxylic acids is 4. The van der Waals surface area contributed by atoms with E-state index in [1.807, 2.05) is 0 Å². The third kappa shape index (κ3) is 8.53. The Morgan fingerprint density at radius 2 is 0.978 bits per heavy atom. The van der Waals surface area contributed by atoms with E-state index in [2.05, 4.69) is 10.6 Å². The van der Waals surface area contributed by atoms with E-state index < -0.39 is 45.3 Å². The highest BCUT2D eigenvalue weighted by Gasteiger charge is 2.38. The van der Waals surface area contributed by atoms with Gasteiger partial charge in [0.25, 0.3) is 0 Å². The van der Waals surface area contributed by atoms with Crippen molar-refractivity contribution in [3.05, 3.63) is 48.5 Å². The standard InChI is InChI=1S/C32H42N4O8S/c1-31(2,3)43-29(39)35-19-7-9-25(35)27(37)33-21-11-15-23(16-12-21)45(41,42)24-17-13-22(14-18-24)34-28(38)26-10-8-20-36(26)30(40)44-32(4,5)6/h11-18,25-26H,7-10,19-20H2,1-6H3,(H,33,37)(H,34,38)/t25-,26+. The minimum Gasteiger partial charge on any atom is -0.444 e. The van der Waals surface area contributed by atoms with Crippen molar-refractivity contribution in [3.8, 4) is 0 Å². The van der Waals surface area contributed by atoms with Gasteiger partial charge in [-0.25, -0.2) is 18.0 Å². The number of amides is 4. The molecule has 2 atom stereocenters. The summed E-state index contributed by atoms with van der Waals surface area (Å²) in [6.45, 7) is 11.4. The number of carbonyl (C=O) groups is 4. The molecule has 12 nitrogen and oxygen atoms in total. The topological polar surface area (TPSA) is 151 Å². The second-order valence-corrected chi connectivity index (χ2v) is 15.1. The van der Waals surface area contributed by atoms with Gasteiger partial charge in [-0.05, 0) is 116 Å². The molecule has 0 bridgehead atoms. The zero-order chi connectivity index (χ0) is 33.2. The molecule has 2 aliphatic rings. The van der Waals surface area contributed by atoms with E-state index in [4.69, 9.17) is 9.47 Å². The number of rotatable bonds is 6. The molecule has 0 radical (unpaired) electrons. The molecule has 0 saturated carbocycles. The predicted octanol–water partition coefficient (Wildman–Crippen LogP) is 5.20. The van der Waals surface area contributed by atoms with Crippen LogP contribution in [0.4, 0.5) is 21.0 Å². The van der Waals surface area contributed by atoms with Crippen molar-refractivity contribution in [2.24, 2.45) is 0 Å².